The monoisotopic (exact) mass is 436 g/mol. The lowest BCUT2D eigenvalue weighted by Crippen LogP contribution is -2.49. The number of aliphatic hydroxyl groups is 1. The first kappa shape index (κ1) is 22.7. The van der Waals surface area contributed by atoms with E-state index in [1.807, 2.05) is 25.9 Å². The number of hydrogen-bond acceptors (Lipinski definition) is 5. The summed E-state index contributed by atoms with van der Waals surface area (Å²) in [5.41, 5.74) is 1.50. The number of benzene rings is 2. The molecule has 0 aliphatic carbocycles. The van der Waals surface area contributed by atoms with Gasteiger partial charge >= 0.3 is 0 Å². The Morgan fingerprint density at radius 1 is 1.20 bits per heavy atom. The second kappa shape index (κ2) is 9.01. The fourth-order valence-corrected chi connectivity index (χ4v) is 5.45. The Hall–Kier alpha value is -2.00. The van der Waals surface area contributed by atoms with Crippen LogP contribution >= 0.6 is 0 Å². The van der Waals surface area contributed by atoms with Gasteiger partial charge in [-0.3, -0.25) is 0 Å². The molecule has 1 aliphatic heterocycles. The van der Waals surface area contributed by atoms with E-state index in [-0.39, 0.29) is 41.6 Å². The van der Waals surface area contributed by atoms with E-state index in [9.17, 15) is 17.9 Å². The normalized spacial score (nSPS) is 22.6. The Morgan fingerprint density at radius 3 is 2.43 bits per heavy atom. The molecule has 3 rings (SSSR count). The zero-order valence-corrected chi connectivity index (χ0v) is 18.6. The van der Waals surface area contributed by atoms with Crippen LogP contribution in [0.15, 0.2) is 47.4 Å². The fraction of sp³-hybridized carbons (Fsp3) is 0.455. The van der Waals surface area contributed by atoms with Gasteiger partial charge in [-0.05, 0) is 56.4 Å². The zero-order valence-electron chi connectivity index (χ0n) is 17.7. The van der Waals surface area contributed by atoms with Crippen molar-refractivity contribution in [1.82, 2.24) is 9.21 Å². The summed E-state index contributed by atoms with van der Waals surface area (Å²) in [6, 6.07) is 10.4. The summed E-state index contributed by atoms with van der Waals surface area (Å²) in [6.07, 6.45) is -0.244. The largest absolute Gasteiger partial charge is 0.487 e. The Kier molecular flexibility index (Phi) is 6.81. The van der Waals surface area contributed by atoms with Gasteiger partial charge in [0, 0.05) is 25.0 Å². The Morgan fingerprint density at radius 2 is 1.83 bits per heavy atom. The van der Waals surface area contributed by atoms with E-state index < -0.39 is 16.1 Å². The second-order valence-corrected chi connectivity index (χ2v) is 10.0. The summed E-state index contributed by atoms with van der Waals surface area (Å²) < 4.78 is 47.8. The van der Waals surface area contributed by atoms with Crippen LogP contribution < -0.4 is 4.74 Å². The number of hydrogen-bond donors (Lipinski definition) is 1. The van der Waals surface area contributed by atoms with Crippen molar-refractivity contribution in [3.05, 3.63) is 48.3 Å². The summed E-state index contributed by atoms with van der Waals surface area (Å²) in [6.45, 7) is 4.24. The average Bonchev–Trinajstić information content (AvgIpc) is 2.70. The SMILES string of the molecule is C[C@H]1CN([C@@H](C)CO)S(=O)(=O)c2ccc(-c3ccc(F)cc3)cc2O[C@@H]1CN(C)C. The quantitative estimate of drug-likeness (QED) is 0.781. The maximum Gasteiger partial charge on any atom is 0.247 e. The molecule has 0 radical (unpaired) electrons. The minimum Gasteiger partial charge on any atom is -0.487 e. The van der Waals surface area contributed by atoms with E-state index in [1.54, 1.807) is 31.2 Å². The van der Waals surface area contributed by atoms with E-state index >= 15 is 0 Å². The van der Waals surface area contributed by atoms with E-state index in [0.29, 0.717) is 6.54 Å². The van der Waals surface area contributed by atoms with E-state index in [0.717, 1.165) is 11.1 Å². The minimum absolute atomic E-state index is 0.0734. The summed E-state index contributed by atoms with van der Waals surface area (Å²) in [5, 5.41) is 9.67. The van der Waals surface area contributed by atoms with Crippen LogP contribution in [0.1, 0.15) is 13.8 Å². The summed E-state index contributed by atoms with van der Waals surface area (Å²) >= 11 is 0. The van der Waals surface area contributed by atoms with Crippen molar-refractivity contribution in [1.29, 1.82) is 0 Å². The van der Waals surface area contributed by atoms with E-state index in [2.05, 4.69) is 0 Å². The van der Waals surface area contributed by atoms with Crippen LogP contribution in [-0.2, 0) is 10.0 Å². The molecule has 2 aromatic rings. The van der Waals surface area contributed by atoms with Crippen molar-refractivity contribution in [2.75, 3.05) is 33.8 Å². The van der Waals surface area contributed by atoms with Crippen molar-refractivity contribution in [2.24, 2.45) is 5.92 Å². The lowest BCUT2D eigenvalue weighted by atomic mass is 10.0. The van der Waals surface area contributed by atoms with Crippen LogP contribution in [0, 0.1) is 11.7 Å². The Labute approximate surface area is 177 Å². The van der Waals surface area contributed by atoms with Crippen LogP contribution in [0.25, 0.3) is 11.1 Å². The van der Waals surface area contributed by atoms with Gasteiger partial charge in [-0.15, -0.1) is 0 Å². The molecular formula is C22H29FN2O4S. The molecule has 2 aromatic carbocycles. The highest BCUT2D eigenvalue weighted by atomic mass is 32.2. The average molecular weight is 437 g/mol. The molecule has 1 N–H and O–H groups in total. The molecule has 1 aliphatic rings. The number of sulfonamides is 1. The summed E-state index contributed by atoms with van der Waals surface area (Å²) in [4.78, 5) is 2.07. The summed E-state index contributed by atoms with van der Waals surface area (Å²) in [7, 11) is 0.0103. The molecule has 6 nitrogen and oxygen atoms in total. The molecule has 0 aromatic heterocycles. The number of aliphatic hydroxyl groups excluding tert-OH is 1. The molecule has 3 atom stereocenters. The first-order chi connectivity index (χ1) is 14.1. The first-order valence-electron chi connectivity index (χ1n) is 9.97. The third kappa shape index (κ3) is 4.67. The smallest absolute Gasteiger partial charge is 0.247 e. The molecule has 0 unspecified atom stereocenters. The summed E-state index contributed by atoms with van der Waals surface area (Å²) in [5.74, 6) is -0.165. The Bertz CT molecular complexity index is 979. The predicted octanol–water partition coefficient (Wildman–Crippen LogP) is 2.82. The number of nitrogens with zero attached hydrogens (tertiary/aromatic N) is 2. The standard InChI is InChI=1S/C22H29FN2O4S/c1-15-12-25(16(2)14-26)30(27,28)22-10-7-18(17-5-8-19(23)9-6-17)11-20(22)29-21(15)13-24(3)4/h5-11,15-16,21,26H,12-14H2,1-4H3/t15-,16-,21+/m0/s1. The minimum atomic E-state index is -3.87. The molecule has 1 heterocycles. The van der Waals surface area contributed by atoms with E-state index in [4.69, 9.17) is 4.74 Å². The van der Waals surface area contributed by atoms with Gasteiger partial charge in [0.2, 0.25) is 10.0 Å². The van der Waals surface area contributed by atoms with E-state index in [1.165, 1.54) is 22.5 Å². The van der Waals surface area contributed by atoms with Crippen LogP contribution in [-0.4, -0.2) is 68.7 Å². The molecule has 164 valence electrons. The number of likely N-dealkylation sites (N-methyl/N-ethyl adjacent to an activating group) is 1. The number of rotatable bonds is 5. The van der Waals surface area contributed by atoms with Crippen molar-refractivity contribution < 1.29 is 22.7 Å². The lowest BCUT2D eigenvalue weighted by molar-refractivity contribution is 0.0813. The van der Waals surface area contributed by atoms with Crippen LogP contribution in [0.4, 0.5) is 4.39 Å². The van der Waals surface area contributed by atoms with Crippen molar-refractivity contribution in [3.8, 4) is 16.9 Å². The van der Waals surface area contributed by atoms with Crippen LogP contribution in [0.5, 0.6) is 5.75 Å². The van der Waals surface area contributed by atoms with Gasteiger partial charge in [0.1, 0.15) is 22.6 Å². The third-order valence-electron chi connectivity index (χ3n) is 5.39. The van der Waals surface area contributed by atoms with Gasteiger partial charge in [0.05, 0.1) is 6.61 Å². The number of fused-ring (bicyclic) bond motifs is 1. The number of halogens is 1. The fourth-order valence-electron chi connectivity index (χ4n) is 3.63. The second-order valence-electron chi connectivity index (χ2n) is 8.17. The maximum absolute atomic E-state index is 13.4. The van der Waals surface area contributed by atoms with Gasteiger partial charge in [0.25, 0.3) is 0 Å². The van der Waals surface area contributed by atoms with Crippen LogP contribution in [0.3, 0.4) is 0 Å². The van der Waals surface area contributed by atoms with Crippen molar-refractivity contribution >= 4 is 10.0 Å². The zero-order chi connectivity index (χ0) is 22.1. The molecular weight excluding hydrogens is 407 g/mol. The topological polar surface area (TPSA) is 70.1 Å². The van der Waals surface area contributed by atoms with Crippen LogP contribution in [0.2, 0.25) is 0 Å². The lowest BCUT2D eigenvalue weighted by Gasteiger charge is -2.37. The number of ether oxygens (including phenoxy) is 1. The van der Waals surface area contributed by atoms with Gasteiger partial charge in [-0.25, -0.2) is 12.8 Å². The van der Waals surface area contributed by atoms with Crippen molar-refractivity contribution in [2.45, 2.75) is 30.9 Å². The highest BCUT2D eigenvalue weighted by Crippen LogP contribution is 2.36. The molecule has 0 spiro atoms. The van der Waals surface area contributed by atoms with Gasteiger partial charge in [-0.1, -0.05) is 25.1 Å². The Balaban J connectivity index is 2.14. The van der Waals surface area contributed by atoms with Gasteiger partial charge < -0.3 is 14.7 Å². The molecule has 0 bridgehead atoms. The first-order valence-corrected chi connectivity index (χ1v) is 11.4. The van der Waals surface area contributed by atoms with Gasteiger partial charge in [-0.2, -0.15) is 4.31 Å². The molecule has 30 heavy (non-hydrogen) atoms. The predicted molar refractivity (Wildman–Crippen MR) is 114 cm³/mol. The van der Waals surface area contributed by atoms with Gasteiger partial charge in [0.15, 0.2) is 0 Å². The molecule has 0 fully saturated rings. The molecule has 0 saturated carbocycles. The third-order valence-corrected chi connectivity index (χ3v) is 7.41. The van der Waals surface area contributed by atoms with Crippen molar-refractivity contribution in [3.63, 3.8) is 0 Å². The molecule has 8 heteroatoms. The highest BCUT2D eigenvalue weighted by molar-refractivity contribution is 7.89. The molecule has 0 amide bonds. The maximum atomic E-state index is 13.4. The molecule has 0 saturated heterocycles. The highest BCUT2D eigenvalue weighted by Gasteiger charge is 2.37.